The van der Waals surface area contributed by atoms with Crippen molar-refractivity contribution in [1.82, 2.24) is 0 Å². The van der Waals surface area contributed by atoms with Gasteiger partial charge in [-0.05, 0) is 66.1 Å². The zero-order chi connectivity index (χ0) is 18.4. The maximum absolute atomic E-state index is 11.5. The van der Waals surface area contributed by atoms with E-state index in [1.54, 1.807) is 24.4 Å². The van der Waals surface area contributed by atoms with Gasteiger partial charge in [-0.2, -0.15) is 0 Å². The standard InChI is InChI=1S/C22H19NO3/c1-2-26-19-11-8-16(9-12-19)15-23-18-10-13-20(22(24)25)21(14-18)17-6-4-3-5-7-17/h3-15H,2H2,1H3,(H,24,25). The zero-order valence-electron chi connectivity index (χ0n) is 14.4. The van der Waals surface area contributed by atoms with E-state index in [-0.39, 0.29) is 5.56 Å². The van der Waals surface area contributed by atoms with Crippen molar-refractivity contribution in [2.45, 2.75) is 6.92 Å². The van der Waals surface area contributed by atoms with Crippen molar-refractivity contribution in [3.8, 4) is 16.9 Å². The second-order valence-corrected chi connectivity index (χ2v) is 5.66. The van der Waals surface area contributed by atoms with Gasteiger partial charge in [0.25, 0.3) is 0 Å². The van der Waals surface area contributed by atoms with Crippen molar-refractivity contribution in [3.05, 3.63) is 83.9 Å². The molecule has 0 unspecified atom stereocenters. The van der Waals surface area contributed by atoms with Crippen LogP contribution in [0.3, 0.4) is 0 Å². The first-order valence-electron chi connectivity index (χ1n) is 8.37. The van der Waals surface area contributed by atoms with Crippen LogP contribution in [0, 0.1) is 0 Å². The number of benzene rings is 3. The fraction of sp³-hybridized carbons (Fsp3) is 0.0909. The van der Waals surface area contributed by atoms with E-state index < -0.39 is 5.97 Å². The Hall–Kier alpha value is -3.40. The van der Waals surface area contributed by atoms with Crippen LogP contribution in [0.25, 0.3) is 11.1 Å². The smallest absolute Gasteiger partial charge is 0.336 e. The van der Waals surface area contributed by atoms with Crippen molar-refractivity contribution in [3.63, 3.8) is 0 Å². The third-order valence-electron chi connectivity index (χ3n) is 3.87. The highest BCUT2D eigenvalue weighted by molar-refractivity contribution is 5.97. The summed E-state index contributed by atoms with van der Waals surface area (Å²) in [5.41, 5.74) is 3.40. The molecule has 4 heteroatoms. The molecule has 3 aromatic rings. The van der Waals surface area contributed by atoms with Gasteiger partial charge >= 0.3 is 5.97 Å². The van der Waals surface area contributed by atoms with E-state index in [1.807, 2.05) is 61.5 Å². The number of aliphatic imine (C=N–C) groups is 1. The Morgan fingerprint density at radius 3 is 2.42 bits per heavy atom. The predicted octanol–water partition coefficient (Wildman–Crippen LogP) is 5.20. The highest BCUT2D eigenvalue weighted by Crippen LogP contribution is 2.28. The van der Waals surface area contributed by atoms with Gasteiger partial charge in [0.15, 0.2) is 0 Å². The molecule has 26 heavy (non-hydrogen) atoms. The monoisotopic (exact) mass is 345 g/mol. The molecule has 0 radical (unpaired) electrons. The molecule has 0 aromatic heterocycles. The molecule has 0 aliphatic heterocycles. The normalized spacial score (nSPS) is 10.8. The predicted molar refractivity (Wildman–Crippen MR) is 104 cm³/mol. The third-order valence-corrected chi connectivity index (χ3v) is 3.87. The molecule has 1 N–H and O–H groups in total. The lowest BCUT2D eigenvalue weighted by molar-refractivity contribution is 0.0698. The number of carbonyl (C=O) groups is 1. The highest BCUT2D eigenvalue weighted by Gasteiger charge is 2.12. The van der Waals surface area contributed by atoms with E-state index in [0.717, 1.165) is 16.9 Å². The maximum Gasteiger partial charge on any atom is 0.336 e. The molecule has 4 nitrogen and oxygen atoms in total. The Labute approximate surface area is 152 Å². The first-order valence-corrected chi connectivity index (χ1v) is 8.37. The first kappa shape index (κ1) is 17.4. The van der Waals surface area contributed by atoms with Crippen LogP contribution in [-0.2, 0) is 0 Å². The van der Waals surface area contributed by atoms with E-state index in [1.165, 1.54) is 0 Å². The van der Waals surface area contributed by atoms with Crippen molar-refractivity contribution in [1.29, 1.82) is 0 Å². The highest BCUT2D eigenvalue weighted by atomic mass is 16.5. The van der Waals surface area contributed by atoms with E-state index in [4.69, 9.17) is 4.74 Å². The largest absolute Gasteiger partial charge is 0.494 e. The average Bonchev–Trinajstić information content (AvgIpc) is 2.68. The van der Waals surface area contributed by atoms with E-state index >= 15 is 0 Å². The summed E-state index contributed by atoms with van der Waals surface area (Å²) in [6.07, 6.45) is 1.75. The summed E-state index contributed by atoms with van der Waals surface area (Å²) in [4.78, 5) is 16.0. The fourth-order valence-corrected chi connectivity index (χ4v) is 2.62. The van der Waals surface area contributed by atoms with Gasteiger partial charge in [0.2, 0.25) is 0 Å². The average molecular weight is 345 g/mol. The van der Waals surface area contributed by atoms with Gasteiger partial charge in [0.05, 0.1) is 17.9 Å². The van der Waals surface area contributed by atoms with Crippen LogP contribution >= 0.6 is 0 Å². The molecule has 3 aromatic carbocycles. The molecular formula is C22H19NO3. The number of rotatable bonds is 6. The molecule has 0 saturated carbocycles. The number of ether oxygens (including phenoxy) is 1. The second-order valence-electron chi connectivity index (χ2n) is 5.66. The molecule has 0 atom stereocenters. The SMILES string of the molecule is CCOc1ccc(C=Nc2ccc(C(=O)O)c(-c3ccccc3)c2)cc1. The van der Waals surface area contributed by atoms with Crippen LogP contribution in [0.2, 0.25) is 0 Å². The third kappa shape index (κ3) is 4.16. The van der Waals surface area contributed by atoms with Gasteiger partial charge < -0.3 is 9.84 Å². The van der Waals surface area contributed by atoms with Crippen LogP contribution in [0.15, 0.2) is 77.8 Å². The Bertz CT molecular complexity index is 916. The van der Waals surface area contributed by atoms with Crippen LogP contribution < -0.4 is 4.74 Å². The summed E-state index contributed by atoms with van der Waals surface area (Å²) in [6.45, 7) is 2.58. The molecule has 0 spiro atoms. The molecule has 130 valence electrons. The molecule has 0 aliphatic carbocycles. The number of carboxylic acids is 1. The number of aromatic carboxylic acids is 1. The summed E-state index contributed by atoms with van der Waals surface area (Å²) in [6, 6.07) is 22.2. The molecule has 0 fully saturated rings. The van der Waals surface area contributed by atoms with Gasteiger partial charge in [-0.3, -0.25) is 4.99 Å². The fourth-order valence-electron chi connectivity index (χ4n) is 2.62. The number of hydrogen-bond acceptors (Lipinski definition) is 3. The van der Waals surface area contributed by atoms with Crippen molar-refractivity contribution >= 4 is 17.9 Å². The van der Waals surface area contributed by atoms with Crippen LogP contribution in [0.4, 0.5) is 5.69 Å². The van der Waals surface area contributed by atoms with Gasteiger partial charge in [0, 0.05) is 6.21 Å². The Kier molecular flexibility index (Phi) is 5.44. The first-order chi connectivity index (χ1) is 12.7. The molecule has 0 bridgehead atoms. The molecule has 0 aliphatic rings. The van der Waals surface area contributed by atoms with E-state index in [0.29, 0.717) is 17.9 Å². The van der Waals surface area contributed by atoms with Gasteiger partial charge in [0.1, 0.15) is 5.75 Å². The van der Waals surface area contributed by atoms with Gasteiger partial charge in [-0.25, -0.2) is 4.79 Å². The second kappa shape index (κ2) is 8.12. The molecule has 3 rings (SSSR count). The molecule has 0 saturated heterocycles. The minimum Gasteiger partial charge on any atom is -0.494 e. The molecular weight excluding hydrogens is 326 g/mol. The van der Waals surface area contributed by atoms with Gasteiger partial charge in [-0.1, -0.05) is 30.3 Å². The van der Waals surface area contributed by atoms with Gasteiger partial charge in [-0.15, -0.1) is 0 Å². The Balaban J connectivity index is 1.90. The Morgan fingerprint density at radius 1 is 1.04 bits per heavy atom. The minimum atomic E-state index is -0.953. The van der Waals surface area contributed by atoms with E-state index in [9.17, 15) is 9.90 Å². The van der Waals surface area contributed by atoms with Crippen LogP contribution in [0.5, 0.6) is 5.75 Å². The van der Waals surface area contributed by atoms with Crippen molar-refractivity contribution in [2.75, 3.05) is 6.61 Å². The lowest BCUT2D eigenvalue weighted by atomic mass is 9.99. The topological polar surface area (TPSA) is 58.9 Å². The van der Waals surface area contributed by atoms with Crippen molar-refractivity contribution in [2.24, 2.45) is 4.99 Å². The van der Waals surface area contributed by atoms with Crippen LogP contribution in [-0.4, -0.2) is 23.9 Å². The lowest BCUT2D eigenvalue weighted by Crippen LogP contribution is -1.99. The Morgan fingerprint density at radius 2 is 1.77 bits per heavy atom. The number of hydrogen-bond donors (Lipinski definition) is 1. The molecule has 0 amide bonds. The van der Waals surface area contributed by atoms with E-state index in [2.05, 4.69) is 4.99 Å². The summed E-state index contributed by atoms with van der Waals surface area (Å²) in [5.74, 6) is -0.132. The number of carboxylic acid groups (broad SMARTS) is 1. The number of nitrogens with zero attached hydrogens (tertiary/aromatic N) is 1. The van der Waals surface area contributed by atoms with Crippen molar-refractivity contribution < 1.29 is 14.6 Å². The van der Waals surface area contributed by atoms with Crippen LogP contribution in [0.1, 0.15) is 22.8 Å². The quantitative estimate of drug-likeness (QED) is 0.625. The molecule has 0 heterocycles. The maximum atomic E-state index is 11.5. The summed E-state index contributed by atoms with van der Waals surface area (Å²) in [7, 11) is 0. The summed E-state index contributed by atoms with van der Waals surface area (Å²) in [5, 5.41) is 9.45. The summed E-state index contributed by atoms with van der Waals surface area (Å²) < 4.78 is 5.42. The minimum absolute atomic E-state index is 0.260. The summed E-state index contributed by atoms with van der Waals surface area (Å²) >= 11 is 0. The zero-order valence-corrected chi connectivity index (χ0v) is 14.4. The lowest BCUT2D eigenvalue weighted by Gasteiger charge is -2.07.